The summed E-state index contributed by atoms with van der Waals surface area (Å²) >= 11 is -0.826. The molecule has 0 saturated heterocycles. The van der Waals surface area contributed by atoms with Crippen LogP contribution in [0, 0.1) is 0 Å². The minimum absolute atomic E-state index is 0.0206. The van der Waals surface area contributed by atoms with E-state index in [1.54, 1.807) is 5.30 Å². The van der Waals surface area contributed by atoms with Gasteiger partial charge in [-0.15, -0.1) is 40.3 Å². The van der Waals surface area contributed by atoms with E-state index in [1.165, 1.54) is 10.8 Å². The van der Waals surface area contributed by atoms with Crippen LogP contribution in [0.5, 0.6) is 0 Å². The van der Waals surface area contributed by atoms with Crippen molar-refractivity contribution in [2.75, 3.05) is 0 Å². The number of benzene rings is 1. The summed E-state index contributed by atoms with van der Waals surface area (Å²) < 4.78 is 0. The second-order valence-corrected chi connectivity index (χ2v) is 13.1. The van der Waals surface area contributed by atoms with Crippen LogP contribution in [-0.4, -0.2) is 11.3 Å². The molecule has 128 valence electrons. The fourth-order valence-corrected chi connectivity index (χ4v) is 5.76. The van der Waals surface area contributed by atoms with E-state index in [0.717, 1.165) is 11.3 Å². The van der Waals surface area contributed by atoms with Gasteiger partial charge in [-0.3, -0.25) is 0 Å². The van der Waals surface area contributed by atoms with Crippen LogP contribution in [0.3, 0.4) is 0 Å². The Hall–Kier alpha value is 0.0731. The Bertz CT molecular complexity index is 601. The number of hydrogen-bond donors (Lipinski definition) is 0. The summed E-state index contributed by atoms with van der Waals surface area (Å²) in [5.74, 6) is 0. The second-order valence-electron chi connectivity index (χ2n) is 5.97. The zero-order valence-corrected chi connectivity index (χ0v) is 19.6. The molecule has 0 spiro atoms. The van der Waals surface area contributed by atoms with Crippen LogP contribution < -0.4 is 5.30 Å². The Morgan fingerprint density at radius 1 is 0.917 bits per heavy atom. The van der Waals surface area contributed by atoms with Gasteiger partial charge in [0, 0.05) is 0 Å². The molecule has 0 nitrogen and oxygen atoms in total. The van der Waals surface area contributed by atoms with Gasteiger partial charge in [-0.1, -0.05) is 41.7 Å². The molecule has 3 aromatic carbocycles. The average molecular weight is 459 g/mol. The molecule has 3 rings (SSSR count). The minimum atomic E-state index is -0.826. The first-order valence-corrected chi connectivity index (χ1v) is 15.9. The van der Waals surface area contributed by atoms with Gasteiger partial charge in [0.25, 0.3) is 0 Å². The molecule has 0 fully saturated rings. The molecule has 0 unspecified atom stereocenters. The van der Waals surface area contributed by atoms with E-state index in [-0.39, 0.29) is 7.92 Å². The third-order valence-electron chi connectivity index (χ3n) is 3.57. The van der Waals surface area contributed by atoms with Crippen molar-refractivity contribution < 1.29 is 20.8 Å². The van der Waals surface area contributed by atoms with E-state index in [2.05, 4.69) is 64.1 Å². The Balaban J connectivity index is 0.000000298. The maximum Gasteiger partial charge on any atom is -0.172 e. The standard InChI is InChI=1S/C15H20P.C5H5.2ClH.Zr/c1-11(2)16(12(3)4)15-9-13-7-5-6-8-14(13)10-15;1-2-4-5-3-1;;;/h5-12H,1-4H3;1-5H;2*1H;/q2*-1;;;+4/p-2. The third kappa shape index (κ3) is 7.53. The van der Waals surface area contributed by atoms with Crippen molar-refractivity contribution in [3.63, 3.8) is 0 Å². The van der Waals surface area contributed by atoms with Gasteiger partial charge in [0.05, 0.1) is 0 Å². The molecule has 24 heavy (non-hydrogen) atoms. The van der Waals surface area contributed by atoms with Crippen LogP contribution in [0.25, 0.3) is 10.8 Å². The van der Waals surface area contributed by atoms with Gasteiger partial charge in [0.15, 0.2) is 0 Å². The Morgan fingerprint density at radius 2 is 1.46 bits per heavy atom. The van der Waals surface area contributed by atoms with Crippen LogP contribution in [0.15, 0.2) is 66.7 Å². The van der Waals surface area contributed by atoms with Gasteiger partial charge >= 0.3 is 37.9 Å². The van der Waals surface area contributed by atoms with Crippen LogP contribution in [0.4, 0.5) is 0 Å². The molecule has 0 aromatic heterocycles. The zero-order chi connectivity index (χ0) is 17.9. The van der Waals surface area contributed by atoms with Crippen molar-refractivity contribution in [2.45, 2.75) is 39.0 Å². The summed E-state index contributed by atoms with van der Waals surface area (Å²) in [4.78, 5) is 0. The van der Waals surface area contributed by atoms with E-state index in [1.807, 2.05) is 30.3 Å². The molecule has 0 radical (unpaired) electrons. The van der Waals surface area contributed by atoms with Crippen molar-refractivity contribution in [3.8, 4) is 0 Å². The first-order valence-electron chi connectivity index (χ1n) is 8.08. The maximum absolute atomic E-state index is 4.93. The van der Waals surface area contributed by atoms with E-state index >= 15 is 0 Å². The fraction of sp³-hybridized carbons (Fsp3) is 0.300. The molecule has 0 atom stereocenters. The van der Waals surface area contributed by atoms with E-state index in [0.29, 0.717) is 0 Å². The van der Waals surface area contributed by atoms with Crippen LogP contribution in [0.2, 0.25) is 0 Å². The van der Waals surface area contributed by atoms with E-state index in [9.17, 15) is 0 Å². The van der Waals surface area contributed by atoms with Crippen molar-refractivity contribution in [2.24, 2.45) is 0 Å². The first-order chi connectivity index (χ1) is 11.5. The minimum Gasteiger partial charge on any atom is -0.214 e. The molecule has 0 amide bonds. The molecule has 0 bridgehead atoms. The van der Waals surface area contributed by atoms with Crippen molar-refractivity contribution in [1.29, 1.82) is 0 Å². The largest absolute Gasteiger partial charge is 0.214 e. The average Bonchev–Trinajstić information content (AvgIpc) is 3.20. The summed E-state index contributed by atoms with van der Waals surface area (Å²) in [6, 6.07) is 23.5. The monoisotopic (exact) mass is 456 g/mol. The molecular formula is C20H25Cl2PZr. The molecule has 0 aliphatic heterocycles. The Kier molecular flexibility index (Phi) is 11.5. The number of hydrogen-bond acceptors (Lipinski definition) is 0. The van der Waals surface area contributed by atoms with Gasteiger partial charge in [-0.2, -0.15) is 24.3 Å². The SMILES string of the molecule is CC(C)P(c1cc2ccccc2[cH-]1)C(C)C.[Cl][Zr+2][Cl].c1cc[cH-]c1. The molecular weight excluding hydrogens is 433 g/mol. The quantitative estimate of drug-likeness (QED) is 0.286. The third-order valence-corrected chi connectivity index (χ3v) is 6.65. The van der Waals surface area contributed by atoms with Crippen LogP contribution in [0.1, 0.15) is 27.7 Å². The normalized spacial score (nSPS) is 10.2. The second kappa shape index (κ2) is 12.4. The maximum atomic E-state index is 4.93. The van der Waals surface area contributed by atoms with E-state index in [4.69, 9.17) is 17.0 Å². The first kappa shape index (κ1) is 22.1. The number of rotatable bonds is 3. The molecule has 0 aliphatic rings. The topological polar surface area (TPSA) is 0 Å². The Morgan fingerprint density at radius 3 is 1.88 bits per heavy atom. The summed E-state index contributed by atoms with van der Waals surface area (Å²) in [6.45, 7) is 9.40. The van der Waals surface area contributed by atoms with Crippen molar-refractivity contribution in [1.82, 2.24) is 0 Å². The molecule has 0 saturated carbocycles. The summed E-state index contributed by atoms with van der Waals surface area (Å²) in [6.07, 6.45) is 0. The zero-order valence-electron chi connectivity index (χ0n) is 14.7. The summed E-state index contributed by atoms with van der Waals surface area (Å²) in [7, 11) is 9.85. The van der Waals surface area contributed by atoms with Gasteiger partial charge < -0.3 is 0 Å². The van der Waals surface area contributed by atoms with Gasteiger partial charge in [0.2, 0.25) is 0 Å². The van der Waals surface area contributed by atoms with Crippen LogP contribution >= 0.6 is 24.9 Å². The molecule has 4 heteroatoms. The van der Waals surface area contributed by atoms with Gasteiger partial charge in [-0.25, -0.2) is 12.1 Å². The van der Waals surface area contributed by atoms with Gasteiger partial charge in [0.1, 0.15) is 0 Å². The number of halogens is 2. The number of fused-ring (bicyclic) bond motifs is 1. The smallest absolute Gasteiger partial charge is 0.172 e. The van der Waals surface area contributed by atoms with Crippen molar-refractivity contribution >= 4 is 41.0 Å². The van der Waals surface area contributed by atoms with Crippen LogP contribution in [-0.2, 0) is 20.8 Å². The van der Waals surface area contributed by atoms with Crippen molar-refractivity contribution in [3.05, 3.63) is 66.7 Å². The van der Waals surface area contributed by atoms with E-state index < -0.39 is 20.8 Å². The summed E-state index contributed by atoms with van der Waals surface area (Å²) in [5.41, 5.74) is 1.54. The Labute approximate surface area is 166 Å². The molecule has 3 aromatic rings. The predicted molar refractivity (Wildman–Crippen MR) is 110 cm³/mol. The van der Waals surface area contributed by atoms with Gasteiger partial charge in [-0.05, 0) is 11.3 Å². The predicted octanol–water partition coefficient (Wildman–Crippen LogP) is 7.26. The molecule has 0 heterocycles. The fourth-order valence-electron chi connectivity index (χ4n) is 2.80. The molecule has 0 aliphatic carbocycles. The summed E-state index contributed by atoms with van der Waals surface area (Å²) in [5, 5.41) is 4.36. The molecule has 0 N–H and O–H groups in total.